The third-order valence-electron chi connectivity index (χ3n) is 2.98. The Morgan fingerprint density at radius 2 is 2.20 bits per heavy atom. The van der Waals surface area contributed by atoms with E-state index in [1.807, 2.05) is 19.1 Å². The highest BCUT2D eigenvalue weighted by atomic mass is 79.9. The number of nitrogens with two attached hydrogens (primary N) is 1. The molecule has 0 amide bonds. The Morgan fingerprint density at radius 3 is 2.80 bits per heavy atom. The van der Waals surface area contributed by atoms with E-state index in [0.717, 1.165) is 27.9 Å². The summed E-state index contributed by atoms with van der Waals surface area (Å²) in [5.41, 5.74) is 7.84. The summed E-state index contributed by atoms with van der Waals surface area (Å²) in [6, 6.07) is 3.80. The van der Waals surface area contributed by atoms with E-state index >= 15 is 0 Å². The topological polar surface area (TPSA) is 46.2 Å². The number of hydrogen-bond donors (Lipinski definition) is 2. The normalized spacial score (nSPS) is 17.8. The van der Waals surface area contributed by atoms with Crippen molar-refractivity contribution in [3.8, 4) is 5.75 Å². The van der Waals surface area contributed by atoms with Crippen LogP contribution in [0.5, 0.6) is 5.75 Å². The lowest BCUT2D eigenvalue weighted by atomic mass is 9.99. The molecule has 1 aliphatic rings. The van der Waals surface area contributed by atoms with Crippen molar-refractivity contribution in [2.75, 3.05) is 0 Å². The first-order chi connectivity index (χ1) is 7.08. The van der Waals surface area contributed by atoms with Gasteiger partial charge in [-0.3, -0.25) is 0 Å². The molecule has 3 heteroatoms. The second kappa shape index (κ2) is 4.14. The van der Waals surface area contributed by atoms with E-state index in [1.54, 1.807) is 0 Å². The molecular formula is C12H16BrNO. The minimum atomic E-state index is -0.0336. The van der Waals surface area contributed by atoms with Crippen LogP contribution in [-0.2, 0) is 0 Å². The van der Waals surface area contributed by atoms with Crippen molar-refractivity contribution in [1.82, 2.24) is 0 Å². The van der Waals surface area contributed by atoms with E-state index in [1.165, 1.54) is 12.8 Å². The highest BCUT2D eigenvalue weighted by Crippen LogP contribution is 2.39. The van der Waals surface area contributed by atoms with E-state index in [2.05, 4.69) is 15.9 Å². The van der Waals surface area contributed by atoms with Crippen molar-refractivity contribution in [3.05, 3.63) is 27.7 Å². The third kappa shape index (κ3) is 2.52. The summed E-state index contributed by atoms with van der Waals surface area (Å²) in [6.07, 6.45) is 3.58. The van der Waals surface area contributed by atoms with Crippen LogP contribution in [0.1, 0.15) is 36.4 Å². The second-order valence-corrected chi connectivity index (χ2v) is 5.36. The van der Waals surface area contributed by atoms with Gasteiger partial charge in [-0.1, -0.05) is 28.8 Å². The zero-order valence-electron chi connectivity index (χ0n) is 8.83. The van der Waals surface area contributed by atoms with Gasteiger partial charge in [0.1, 0.15) is 5.75 Å². The standard InChI is InChI=1S/C12H16BrNO/c1-7-4-9(13)6-10(12(7)15)11(14)5-8-2-3-8/h4,6,8,11,15H,2-3,5,14H2,1H3/t11-/m1/s1. The molecule has 3 N–H and O–H groups in total. The first kappa shape index (κ1) is 11.0. The Bertz CT molecular complexity index is 374. The molecule has 0 aliphatic heterocycles. The molecule has 1 saturated carbocycles. The number of phenolic OH excluding ortho intramolecular Hbond substituents is 1. The zero-order valence-corrected chi connectivity index (χ0v) is 10.4. The predicted molar refractivity (Wildman–Crippen MR) is 64.8 cm³/mol. The van der Waals surface area contributed by atoms with Crippen LogP contribution in [0.4, 0.5) is 0 Å². The van der Waals surface area contributed by atoms with Crippen molar-refractivity contribution in [3.63, 3.8) is 0 Å². The molecule has 82 valence electrons. The molecule has 1 aromatic rings. The SMILES string of the molecule is Cc1cc(Br)cc([C@H](N)CC2CC2)c1O. The summed E-state index contributed by atoms with van der Waals surface area (Å²) in [6.45, 7) is 1.90. The molecule has 0 heterocycles. The van der Waals surface area contributed by atoms with Gasteiger partial charge >= 0.3 is 0 Å². The van der Waals surface area contributed by atoms with Crippen molar-refractivity contribution in [2.45, 2.75) is 32.2 Å². The summed E-state index contributed by atoms with van der Waals surface area (Å²) in [5, 5.41) is 9.92. The summed E-state index contributed by atoms with van der Waals surface area (Å²) >= 11 is 3.43. The van der Waals surface area contributed by atoms with Gasteiger partial charge < -0.3 is 10.8 Å². The largest absolute Gasteiger partial charge is 0.507 e. The molecule has 15 heavy (non-hydrogen) atoms. The van der Waals surface area contributed by atoms with Gasteiger partial charge in [-0.25, -0.2) is 0 Å². The maximum atomic E-state index is 9.92. The third-order valence-corrected chi connectivity index (χ3v) is 3.44. The lowest BCUT2D eigenvalue weighted by Crippen LogP contribution is -2.11. The number of hydrogen-bond acceptors (Lipinski definition) is 2. The molecule has 1 atom stereocenters. The van der Waals surface area contributed by atoms with Crippen LogP contribution >= 0.6 is 15.9 Å². The molecule has 0 saturated heterocycles. The Kier molecular flexibility index (Phi) is 3.03. The van der Waals surface area contributed by atoms with Gasteiger partial charge in [0.15, 0.2) is 0 Å². The maximum Gasteiger partial charge on any atom is 0.123 e. The minimum Gasteiger partial charge on any atom is -0.507 e. The second-order valence-electron chi connectivity index (χ2n) is 4.45. The molecule has 0 spiro atoms. The zero-order chi connectivity index (χ0) is 11.0. The highest BCUT2D eigenvalue weighted by molar-refractivity contribution is 9.10. The van der Waals surface area contributed by atoms with Gasteiger partial charge in [0.05, 0.1) is 0 Å². The van der Waals surface area contributed by atoms with E-state index in [9.17, 15) is 5.11 Å². The van der Waals surface area contributed by atoms with Gasteiger partial charge in [-0.05, 0) is 37.0 Å². The first-order valence-corrected chi connectivity index (χ1v) is 6.12. The molecular weight excluding hydrogens is 254 g/mol. The van der Waals surface area contributed by atoms with Crippen LogP contribution in [0.15, 0.2) is 16.6 Å². The van der Waals surface area contributed by atoms with Crippen LogP contribution in [-0.4, -0.2) is 5.11 Å². The molecule has 0 radical (unpaired) electrons. The van der Waals surface area contributed by atoms with Gasteiger partial charge in [0, 0.05) is 16.1 Å². The fraction of sp³-hybridized carbons (Fsp3) is 0.500. The van der Waals surface area contributed by atoms with Gasteiger partial charge in [-0.2, -0.15) is 0 Å². The molecule has 2 nitrogen and oxygen atoms in total. The van der Waals surface area contributed by atoms with Crippen molar-refractivity contribution in [1.29, 1.82) is 0 Å². The van der Waals surface area contributed by atoms with Crippen molar-refractivity contribution in [2.24, 2.45) is 11.7 Å². The summed E-state index contributed by atoms with van der Waals surface area (Å²) in [4.78, 5) is 0. The van der Waals surface area contributed by atoms with E-state index in [4.69, 9.17) is 5.73 Å². The summed E-state index contributed by atoms with van der Waals surface area (Å²) in [7, 11) is 0. The summed E-state index contributed by atoms with van der Waals surface area (Å²) < 4.78 is 0.985. The molecule has 0 bridgehead atoms. The number of halogens is 1. The maximum absolute atomic E-state index is 9.92. The monoisotopic (exact) mass is 269 g/mol. The highest BCUT2D eigenvalue weighted by Gasteiger charge is 2.26. The molecule has 2 rings (SSSR count). The number of phenols is 1. The molecule has 0 unspecified atom stereocenters. The number of aromatic hydroxyl groups is 1. The fourth-order valence-electron chi connectivity index (χ4n) is 1.88. The van der Waals surface area contributed by atoms with Gasteiger partial charge in [-0.15, -0.1) is 0 Å². The Labute approximate surface area is 98.6 Å². The number of rotatable bonds is 3. The predicted octanol–water partition coefficient (Wildman–Crippen LogP) is 3.26. The Morgan fingerprint density at radius 1 is 1.53 bits per heavy atom. The molecule has 0 aromatic heterocycles. The van der Waals surface area contributed by atoms with E-state index in [0.29, 0.717) is 5.75 Å². The minimum absolute atomic E-state index is 0.0336. The average molecular weight is 270 g/mol. The van der Waals surface area contributed by atoms with Crippen molar-refractivity contribution >= 4 is 15.9 Å². The van der Waals surface area contributed by atoms with Crippen LogP contribution in [0.2, 0.25) is 0 Å². The van der Waals surface area contributed by atoms with Crippen molar-refractivity contribution < 1.29 is 5.11 Å². The molecule has 1 fully saturated rings. The summed E-state index contributed by atoms with van der Waals surface area (Å²) in [5.74, 6) is 1.13. The van der Waals surface area contributed by atoms with Crippen LogP contribution in [0, 0.1) is 12.8 Å². The number of aryl methyl sites for hydroxylation is 1. The van der Waals surface area contributed by atoms with Crippen LogP contribution in [0.25, 0.3) is 0 Å². The van der Waals surface area contributed by atoms with Gasteiger partial charge in [0.25, 0.3) is 0 Å². The Hall–Kier alpha value is -0.540. The van der Waals surface area contributed by atoms with Gasteiger partial charge in [0.2, 0.25) is 0 Å². The molecule has 1 aromatic carbocycles. The quantitative estimate of drug-likeness (QED) is 0.885. The molecule has 1 aliphatic carbocycles. The smallest absolute Gasteiger partial charge is 0.123 e. The Balaban J connectivity index is 2.24. The fourth-order valence-corrected chi connectivity index (χ4v) is 2.47. The average Bonchev–Trinajstić information content (AvgIpc) is 2.94. The lowest BCUT2D eigenvalue weighted by molar-refractivity contribution is 0.451. The first-order valence-electron chi connectivity index (χ1n) is 5.32. The van der Waals surface area contributed by atoms with Crippen LogP contribution in [0.3, 0.4) is 0 Å². The van der Waals surface area contributed by atoms with E-state index < -0.39 is 0 Å². The lowest BCUT2D eigenvalue weighted by Gasteiger charge is -2.15. The van der Waals surface area contributed by atoms with Crippen LogP contribution < -0.4 is 5.73 Å². The number of benzene rings is 1. The van der Waals surface area contributed by atoms with E-state index in [-0.39, 0.29) is 6.04 Å².